The lowest BCUT2D eigenvalue weighted by atomic mass is 10.0. The maximum absolute atomic E-state index is 12.8. The van der Waals surface area contributed by atoms with Crippen LogP contribution in [0.25, 0.3) is 0 Å². The van der Waals surface area contributed by atoms with Crippen molar-refractivity contribution in [1.82, 2.24) is 0 Å². The van der Waals surface area contributed by atoms with Crippen molar-refractivity contribution >= 4 is 17.9 Å². The maximum atomic E-state index is 12.8. The Balaban J connectivity index is 4.36. The van der Waals surface area contributed by atoms with E-state index in [2.05, 4.69) is 106 Å². The number of rotatable bonds is 49. The monoisotopic (exact) mass is 919 g/mol. The molecule has 66 heavy (non-hydrogen) atoms. The highest BCUT2D eigenvalue weighted by atomic mass is 16.6. The Morgan fingerprint density at radius 3 is 0.924 bits per heavy atom. The van der Waals surface area contributed by atoms with Crippen LogP contribution in [0, 0.1) is 0 Å². The van der Waals surface area contributed by atoms with Gasteiger partial charge in [-0.15, -0.1) is 0 Å². The van der Waals surface area contributed by atoms with Gasteiger partial charge in [0, 0.05) is 19.3 Å². The number of hydrogen-bond acceptors (Lipinski definition) is 6. The van der Waals surface area contributed by atoms with Crippen LogP contribution in [-0.2, 0) is 28.6 Å². The summed E-state index contributed by atoms with van der Waals surface area (Å²) < 4.78 is 16.7. The minimum absolute atomic E-state index is 0.0920. The fraction of sp³-hybridized carbons (Fsp3) is 0.717. The van der Waals surface area contributed by atoms with Crippen LogP contribution in [0.2, 0.25) is 0 Å². The quantitative estimate of drug-likeness (QED) is 0.0262. The lowest BCUT2D eigenvalue weighted by Gasteiger charge is -2.18. The van der Waals surface area contributed by atoms with Gasteiger partial charge in [0.15, 0.2) is 6.10 Å². The van der Waals surface area contributed by atoms with Crippen LogP contribution < -0.4 is 0 Å². The van der Waals surface area contributed by atoms with Crippen molar-refractivity contribution in [3.63, 3.8) is 0 Å². The first-order chi connectivity index (χ1) is 32.5. The minimum Gasteiger partial charge on any atom is -0.462 e. The van der Waals surface area contributed by atoms with Gasteiger partial charge < -0.3 is 14.2 Å². The van der Waals surface area contributed by atoms with E-state index in [1.807, 2.05) is 0 Å². The summed E-state index contributed by atoms with van der Waals surface area (Å²) in [6.07, 6.45) is 70.2. The summed E-state index contributed by atoms with van der Waals surface area (Å²) in [4.78, 5) is 37.9. The molecule has 1 atom stereocenters. The molecule has 0 aromatic rings. The molecule has 0 bridgehead atoms. The van der Waals surface area contributed by atoms with E-state index in [9.17, 15) is 14.4 Å². The molecule has 0 aliphatic rings. The third-order valence-electron chi connectivity index (χ3n) is 11.7. The Labute approximate surface area is 407 Å². The van der Waals surface area contributed by atoms with E-state index in [4.69, 9.17) is 14.2 Å². The molecule has 0 radical (unpaired) electrons. The molecule has 1 unspecified atom stereocenters. The normalized spacial score (nSPS) is 12.7. The van der Waals surface area contributed by atoms with Crippen molar-refractivity contribution in [3.05, 3.63) is 85.1 Å². The van der Waals surface area contributed by atoms with Crippen molar-refractivity contribution in [2.75, 3.05) is 13.2 Å². The predicted molar refractivity (Wildman–Crippen MR) is 284 cm³/mol. The molecule has 0 spiro atoms. The molecule has 378 valence electrons. The van der Waals surface area contributed by atoms with E-state index in [0.717, 1.165) is 89.9 Å². The van der Waals surface area contributed by atoms with E-state index in [1.165, 1.54) is 122 Å². The highest BCUT2D eigenvalue weighted by molar-refractivity contribution is 5.71. The van der Waals surface area contributed by atoms with Crippen LogP contribution in [0.1, 0.15) is 258 Å². The highest BCUT2D eigenvalue weighted by Crippen LogP contribution is 2.16. The molecule has 0 N–H and O–H groups in total. The molecule has 0 saturated carbocycles. The second kappa shape index (κ2) is 54.2. The number of unbranched alkanes of at least 4 members (excludes halogenated alkanes) is 24. The van der Waals surface area contributed by atoms with E-state index in [-0.39, 0.29) is 37.5 Å². The summed E-state index contributed by atoms with van der Waals surface area (Å²) in [5.41, 5.74) is 0. The van der Waals surface area contributed by atoms with Gasteiger partial charge >= 0.3 is 17.9 Å². The van der Waals surface area contributed by atoms with Gasteiger partial charge in [-0.25, -0.2) is 0 Å². The average Bonchev–Trinajstić information content (AvgIpc) is 3.31. The van der Waals surface area contributed by atoms with Crippen LogP contribution in [-0.4, -0.2) is 37.2 Å². The summed E-state index contributed by atoms with van der Waals surface area (Å²) in [7, 11) is 0. The number of carbonyl (C=O) groups is 3. The summed E-state index contributed by atoms with van der Waals surface area (Å²) >= 11 is 0. The lowest BCUT2D eigenvalue weighted by Crippen LogP contribution is -2.30. The average molecular weight is 919 g/mol. The second-order valence-corrected chi connectivity index (χ2v) is 18.1. The molecule has 0 aliphatic carbocycles. The first kappa shape index (κ1) is 62.6. The third kappa shape index (κ3) is 51.6. The van der Waals surface area contributed by atoms with Gasteiger partial charge in [-0.1, -0.05) is 254 Å². The molecule has 0 saturated heterocycles. The Morgan fingerprint density at radius 2 is 0.591 bits per heavy atom. The van der Waals surface area contributed by atoms with Crippen molar-refractivity contribution in [1.29, 1.82) is 0 Å². The van der Waals surface area contributed by atoms with Crippen LogP contribution in [0.4, 0.5) is 0 Å². The van der Waals surface area contributed by atoms with Gasteiger partial charge in [0.1, 0.15) is 13.2 Å². The fourth-order valence-corrected chi connectivity index (χ4v) is 7.55. The largest absolute Gasteiger partial charge is 0.462 e. The zero-order valence-corrected chi connectivity index (χ0v) is 43.2. The van der Waals surface area contributed by atoms with Crippen molar-refractivity contribution in [2.24, 2.45) is 0 Å². The number of allylic oxidation sites excluding steroid dienone is 14. The van der Waals surface area contributed by atoms with Crippen LogP contribution >= 0.6 is 0 Å². The van der Waals surface area contributed by atoms with Gasteiger partial charge in [0.05, 0.1) is 0 Å². The van der Waals surface area contributed by atoms with E-state index in [1.54, 1.807) is 0 Å². The van der Waals surface area contributed by atoms with Crippen molar-refractivity contribution in [3.8, 4) is 0 Å². The smallest absolute Gasteiger partial charge is 0.306 e. The fourth-order valence-electron chi connectivity index (χ4n) is 7.55. The standard InChI is InChI=1S/C60H102O6/c1-4-7-10-13-16-19-21-23-25-27-28-29-30-31-32-34-35-37-39-41-44-47-50-53-59(62)65-56-57(55-64-58(61)52-49-46-43-18-15-12-9-6-3)66-60(63)54-51-48-45-42-40-38-36-33-26-24-22-20-17-14-11-8-5-2/h7,10,16,19,23,25,28-29,31-32,35,37,41,44,57H,4-6,8-9,11-15,17-18,20-22,24,26-27,30,33-34,36,38-40,42-43,45-56H2,1-3H3/b10-7-,19-16-,25-23-,29-28-,32-31-,37-35-,44-41-. The number of esters is 3. The molecule has 0 aromatic heterocycles. The predicted octanol–water partition coefficient (Wildman–Crippen LogP) is 18.4. The zero-order valence-electron chi connectivity index (χ0n) is 43.2. The molecular formula is C60H102O6. The third-order valence-corrected chi connectivity index (χ3v) is 11.7. The molecule has 0 fully saturated rings. The van der Waals surface area contributed by atoms with Crippen molar-refractivity contribution < 1.29 is 28.6 Å². The van der Waals surface area contributed by atoms with Gasteiger partial charge in [0.2, 0.25) is 0 Å². The number of carbonyl (C=O) groups excluding carboxylic acids is 3. The molecule has 6 heteroatoms. The van der Waals surface area contributed by atoms with Gasteiger partial charge in [-0.05, 0) is 70.6 Å². The van der Waals surface area contributed by atoms with E-state index >= 15 is 0 Å². The van der Waals surface area contributed by atoms with Gasteiger partial charge in [-0.3, -0.25) is 14.4 Å². The van der Waals surface area contributed by atoms with Crippen LogP contribution in [0.5, 0.6) is 0 Å². The molecule has 0 heterocycles. The minimum atomic E-state index is -0.795. The van der Waals surface area contributed by atoms with E-state index < -0.39 is 6.10 Å². The summed E-state index contributed by atoms with van der Waals surface area (Å²) in [6, 6.07) is 0. The number of hydrogen-bond donors (Lipinski definition) is 0. The second-order valence-electron chi connectivity index (χ2n) is 18.1. The topological polar surface area (TPSA) is 78.9 Å². The molecular weight excluding hydrogens is 817 g/mol. The lowest BCUT2D eigenvalue weighted by molar-refractivity contribution is -0.167. The highest BCUT2D eigenvalue weighted by Gasteiger charge is 2.19. The Morgan fingerprint density at radius 1 is 0.318 bits per heavy atom. The molecule has 6 nitrogen and oxygen atoms in total. The molecule has 0 aromatic carbocycles. The van der Waals surface area contributed by atoms with Gasteiger partial charge in [-0.2, -0.15) is 0 Å². The summed E-state index contributed by atoms with van der Waals surface area (Å²) in [6.45, 7) is 6.46. The molecule has 0 rings (SSSR count). The first-order valence-corrected chi connectivity index (χ1v) is 27.6. The summed E-state index contributed by atoms with van der Waals surface area (Å²) in [5.74, 6) is -0.953. The van der Waals surface area contributed by atoms with Crippen LogP contribution in [0.3, 0.4) is 0 Å². The Bertz CT molecular complexity index is 1290. The van der Waals surface area contributed by atoms with Gasteiger partial charge in [0.25, 0.3) is 0 Å². The molecule has 0 amide bonds. The van der Waals surface area contributed by atoms with Crippen molar-refractivity contribution in [2.45, 2.75) is 264 Å². The SMILES string of the molecule is CC/C=C\C/C=C\C/C=C\C/C=C\C/C=C\C/C=C\C/C=C\CCCC(=O)OCC(COC(=O)CCCCCCCCCC)OC(=O)CCCCCCCCCCCCCCCCCCC. The Hall–Kier alpha value is -3.41. The number of ether oxygens (including phenoxy) is 3. The maximum Gasteiger partial charge on any atom is 0.306 e. The first-order valence-electron chi connectivity index (χ1n) is 27.6. The Kier molecular flexibility index (Phi) is 51.4. The zero-order chi connectivity index (χ0) is 47.9. The molecule has 0 aliphatic heterocycles. The van der Waals surface area contributed by atoms with Crippen LogP contribution in [0.15, 0.2) is 85.1 Å². The van der Waals surface area contributed by atoms with E-state index in [0.29, 0.717) is 19.3 Å². The summed E-state index contributed by atoms with van der Waals surface area (Å²) in [5, 5.41) is 0.